The fourth-order valence-electron chi connectivity index (χ4n) is 12.3. The summed E-state index contributed by atoms with van der Waals surface area (Å²) in [5.41, 5.74) is 10.2. The molecule has 35 heteroatoms. The summed E-state index contributed by atoms with van der Waals surface area (Å²) < 4.78 is 142. The van der Waals surface area contributed by atoms with Gasteiger partial charge in [0.15, 0.2) is 34.7 Å². The van der Waals surface area contributed by atoms with Gasteiger partial charge < -0.3 is 23.7 Å². The lowest BCUT2D eigenvalue weighted by molar-refractivity contribution is -0.142. The summed E-state index contributed by atoms with van der Waals surface area (Å²) in [6.45, 7) is 22.0. The van der Waals surface area contributed by atoms with Gasteiger partial charge in [0, 0.05) is 153 Å². The Balaban J connectivity index is 0.000000162. The highest BCUT2D eigenvalue weighted by Crippen LogP contribution is 2.35. The Bertz CT molecular complexity index is 6500. The molecule has 0 aliphatic heterocycles. The van der Waals surface area contributed by atoms with Gasteiger partial charge in [0.25, 0.3) is 0 Å². The van der Waals surface area contributed by atoms with Crippen LogP contribution in [0.25, 0.3) is 0 Å². The predicted molar refractivity (Wildman–Crippen MR) is 478 cm³/mol. The van der Waals surface area contributed by atoms with Crippen LogP contribution in [0.2, 0.25) is 0 Å². The molecule has 0 aromatic carbocycles. The van der Waals surface area contributed by atoms with Gasteiger partial charge in [0.2, 0.25) is 0 Å². The van der Waals surface area contributed by atoms with Crippen LogP contribution < -0.4 is 23.7 Å². The fourth-order valence-corrected chi connectivity index (χ4v) is 12.3. The average Bonchev–Trinajstić information content (AvgIpc) is 0.862. The smallest absolute Gasteiger partial charge is 0.433 e. The zero-order chi connectivity index (χ0) is 97.3. The Morgan fingerprint density at radius 3 is 0.778 bits per heavy atom. The number of aromatic nitrogens is 16. The second-order valence-corrected chi connectivity index (χ2v) is 30.6. The number of carbonyl (C=O) groups is 5. The van der Waals surface area contributed by atoms with Gasteiger partial charge in [0.05, 0.1) is 69.3 Å². The third kappa shape index (κ3) is 31.6. The number of carbonyl (C=O) groups excluding carboxylic acids is 5. The quantitative estimate of drug-likeness (QED) is 0.0359. The molecule has 135 heavy (non-hydrogen) atoms. The Kier molecular flexibility index (Phi) is 33.6. The number of aryl methyl sites for hydroxylation is 12. The van der Waals surface area contributed by atoms with Crippen molar-refractivity contribution >= 4 is 28.9 Å². The van der Waals surface area contributed by atoms with Crippen molar-refractivity contribution < 1.29 is 87.2 Å². The zero-order valence-corrected chi connectivity index (χ0v) is 74.9. The number of rotatable bonds is 26. The van der Waals surface area contributed by atoms with Crippen molar-refractivity contribution in [1.29, 1.82) is 0 Å². The molecule has 0 atom stereocenters. The van der Waals surface area contributed by atoms with Crippen LogP contribution in [0.4, 0.5) is 39.5 Å². The van der Waals surface area contributed by atoms with Crippen molar-refractivity contribution in [1.82, 2.24) is 79.7 Å². The molecule has 0 amide bonds. The van der Waals surface area contributed by atoms with Gasteiger partial charge in [-0.1, -0.05) is 37.3 Å². The summed E-state index contributed by atoms with van der Waals surface area (Å²) in [7, 11) is 0. The van der Waals surface area contributed by atoms with Crippen LogP contribution in [0.3, 0.4) is 0 Å². The van der Waals surface area contributed by atoms with E-state index in [1.807, 2.05) is 128 Å². The highest BCUT2D eigenvalue weighted by molar-refractivity contribution is 5.98. The maximum Gasteiger partial charge on any atom is 0.433 e. The van der Waals surface area contributed by atoms with Crippen LogP contribution in [-0.2, 0) is 57.1 Å². The summed E-state index contributed by atoms with van der Waals surface area (Å²) in [6, 6.07) is 49.7. The number of pyridine rings is 14. The molecule has 0 N–H and O–H groups in total. The highest BCUT2D eigenvalue weighted by Gasteiger charge is 2.35. The van der Waals surface area contributed by atoms with Gasteiger partial charge in [-0.2, -0.15) is 39.5 Å². The molecule has 26 nitrogen and oxygen atoms in total. The SMILES string of the molecule is CCc1cccc(CC(=O)c2cc(Oc3ccc(C)nc3)cc(C)n2)n1.Cc1ccc(CC(=O)c2cc(Oc3ccc(C(F)(F)F)nc3)cc(C)n2)nc1.Cc1ccc(CC(=O)c2cc(Oc3cnc(C)nc3)cc(C)n2)nc1.Cc1cccc(CC(=O)c2cc(Oc3ccc(C(F)(F)F)nc3)cc(C)n2)n1.Cc1cccc(CC(=O)c2cc(Oc3ccc(C(F)(F)F)nc3)cc(C)n2)n1. The van der Waals surface area contributed by atoms with E-state index in [0.29, 0.717) is 85.8 Å². The normalized spacial score (nSPS) is 11.0. The average molecular weight is 1840 g/mol. The number of nitrogens with zero attached hydrogens (tertiary/aromatic N) is 16. The fraction of sp³-hybridized carbons (Fsp3) is 0.210. The van der Waals surface area contributed by atoms with E-state index in [0.717, 1.165) is 88.5 Å². The van der Waals surface area contributed by atoms with Crippen molar-refractivity contribution in [3.05, 3.63) is 380 Å². The van der Waals surface area contributed by atoms with Gasteiger partial charge in [-0.05, 0) is 191 Å². The number of alkyl halides is 9. The lowest BCUT2D eigenvalue weighted by Gasteiger charge is -2.10. The van der Waals surface area contributed by atoms with Crippen LogP contribution in [0.1, 0.15) is 173 Å². The minimum atomic E-state index is -4.52. The number of hydrogen-bond acceptors (Lipinski definition) is 26. The largest absolute Gasteiger partial charge is 0.456 e. The minimum absolute atomic E-state index is 0.0814. The third-order valence-corrected chi connectivity index (χ3v) is 18.7. The lowest BCUT2D eigenvalue weighted by atomic mass is 10.1. The van der Waals surface area contributed by atoms with Gasteiger partial charge in [-0.25, -0.2) is 49.8 Å². The van der Waals surface area contributed by atoms with Gasteiger partial charge in [0.1, 0.15) is 103 Å². The molecule has 15 aromatic heterocycles. The molecule has 0 fully saturated rings. The highest BCUT2D eigenvalue weighted by atomic mass is 19.4. The van der Waals surface area contributed by atoms with Gasteiger partial charge in [-0.15, -0.1) is 0 Å². The molecule has 0 saturated heterocycles. The van der Waals surface area contributed by atoms with E-state index >= 15 is 0 Å². The maximum absolute atomic E-state index is 12.6. The molecule has 15 aromatic rings. The first-order chi connectivity index (χ1) is 64.1. The molecule has 690 valence electrons. The minimum Gasteiger partial charge on any atom is -0.456 e. The Morgan fingerprint density at radius 1 is 0.237 bits per heavy atom. The van der Waals surface area contributed by atoms with E-state index < -0.39 is 35.6 Å². The van der Waals surface area contributed by atoms with E-state index in [1.54, 1.807) is 119 Å². The maximum atomic E-state index is 12.6. The third-order valence-electron chi connectivity index (χ3n) is 18.7. The summed E-state index contributed by atoms with van der Waals surface area (Å²) in [6.07, 6.45) is -0.831. The molecular formula is C100H87F9N16O10. The second-order valence-electron chi connectivity index (χ2n) is 30.6. The Hall–Kier alpha value is -16.1. The first-order valence-electron chi connectivity index (χ1n) is 41.6. The van der Waals surface area contributed by atoms with Crippen LogP contribution in [0.15, 0.2) is 238 Å². The van der Waals surface area contributed by atoms with Gasteiger partial charge >= 0.3 is 18.5 Å². The molecule has 15 heterocycles. The van der Waals surface area contributed by atoms with Crippen LogP contribution in [-0.4, -0.2) is 109 Å². The summed E-state index contributed by atoms with van der Waals surface area (Å²) in [5.74, 6) is 3.22. The number of Topliss-reactive ketones (excluding diaryl/α,β-unsaturated/α-hetero) is 5. The summed E-state index contributed by atoms with van der Waals surface area (Å²) in [5, 5.41) is 0. The molecule has 0 spiro atoms. The Morgan fingerprint density at radius 2 is 0.511 bits per heavy atom. The molecule has 0 aliphatic carbocycles. The summed E-state index contributed by atoms with van der Waals surface area (Å²) in [4.78, 5) is 128. The van der Waals surface area contributed by atoms with Crippen molar-refractivity contribution in [3.63, 3.8) is 0 Å². The number of ether oxygens (including phenoxy) is 5. The van der Waals surface area contributed by atoms with E-state index in [4.69, 9.17) is 23.7 Å². The molecule has 15 rings (SSSR count). The standard InChI is InChI=1S/C21H21N3O2.3C20H16F3N3O2.C19H18N4O2/c1-4-16-6-5-7-17(24-16)11-21(25)20-12-19(10-15(3)23-20)26-18-9-8-14(2)22-13-18;1-12-3-4-14(24-10-12)8-18(27)17-9-16(7-13(2)26-17)28-15-5-6-19(25-11-15)20(21,22)23;2*1-12-4-3-5-14(25-12)9-18(27)17-10-16(8-13(2)26-17)28-15-6-7-19(24-11-15)20(21,22)23;1-12-4-5-15(22-9-12)7-19(24)18-8-16(6-13(2)23-18)25-17-10-20-14(3)21-11-17/h5-10,12-13H,4,11H2,1-3H3;3-7,9-11H,8H2,1-2H3;2*3-8,10-11H,9H2,1-2H3;4-6,8-11H,7H2,1-3H3. The zero-order valence-electron chi connectivity index (χ0n) is 74.9. The predicted octanol–water partition coefficient (Wildman–Crippen LogP) is 21.9. The van der Waals surface area contributed by atoms with E-state index in [9.17, 15) is 63.5 Å². The van der Waals surface area contributed by atoms with Crippen molar-refractivity contribution in [2.24, 2.45) is 0 Å². The molecule has 0 radical (unpaired) electrons. The summed E-state index contributed by atoms with van der Waals surface area (Å²) >= 11 is 0. The molecule has 0 unspecified atom stereocenters. The number of halogens is 9. The van der Waals surface area contributed by atoms with Crippen LogP contribution in [0, 0.1) is 76.2 Å². The first kappa shape index (κ1) is 99.5. The van der Waals surface area contributed by atoms with Crippen LogP contribution in [0.5, 0.6) is 57.5 Å². The molecule has 0 aliphatic rings. The number of ketones is 5. The molecule has 0 saturated carbocycles. The monoisotopic (exact) mass is 1840 g/mol. The van der Waals surface area contributed by atoms with E-state index in [-0.39, 0.29) is 113 Å². The second kappa shape index (κ2) is 45.6. The van der Waals surface area contributed by atoms with Crippen molar-refractivity contribution in [2.45, 2.75) is 140 Å². The lowest BCUT2D eigenvalue weighted by Crippen LogP contribution is -2.09. The Labute approximate surface area is 769 Å². The topological polar surface area (TPSA) is 338 Å². The van der Waals surface area contributed by atoms with Crippen molar-refractivity contribution in [3.8, 4) is 57.5 Å². The molecular weight excluding hydrogens is 1760 g/mol. The van der Waals surface area contributed by atoms with Gasteiger partial charge in [-0.3, -0.25) is 53.9 Å². The molecule has 0 bridgehead atoms. The van der Waals surface area contributed by atoms with Crippen molar-refractivity contribution in [2.75, 3.05) is 0 Å². The first-order valence-corrected chi connectivity index (χ1v) is 41.6. The number of hydrogen-bond donors (Lipinski definition) is 0. The van der Waals surface area contributed by atoms with Crippen LogP contribution >= 0.6 is 0 Å². The van der Waals surface area contributed by atoms with E-state index in [2.05, 4.69) is 79.7 Å². The van der Waals surface area contributed by atoms with E-state index in [1.165, 1.54) is 36.4 Å².